The number of rotatable bonds is 4. The number of hydrogen-bond acceptors (Lipinski definition) is 0. The van der Waals surface area contributed by atoms with Gasteiger partial charge in [0.15, 0.2) is 0 Å². The van der Waals surface area contributed by atoms with E-state index >= 15 is 0 Å². The lowest BCUT2D eigenvalue weighted by molar-refractivity contribution is 0.702. The second-order valence-electron chi connectivity index (χ2n) is 3.33. The van der Waals surface area contributed by atoms with Crippen molar-refractivity contribution in [3.8, 4) is 0 Å². The van der Waals surface area contributed by atoms with Gasteiger partial charge in [0.1, 0.15) is 0 Å². The first-order valence-corrected chi connectivity index (χ1v) is 10.1. The third kappa shape index (κ3) is 9.04. The molecular weight excluding hydrogens is 248 g/mol. The fraction of sp³-hybridized carbons (Fsp3) is 0.500. The van der Waals surface area contributed by atoms with Crippen LogP contribution in [0.5, 0.6) is 0 Å². The lowest BCUT2D eigenvalue weighted by Crippen LogP contribution is -2.05. The van der Waals surface area contributed by atoms with Gasteiger partial charge in [-0.15, -0.1) is 0 Å². The Morgan fingerprint density at radius 3 is 1.79 bits per heavy atom. The normalized spacial score (nSPS) is 8.50. The van der Waals surface area contributed by atoms with E-state index in [0.717, 1.165) is 0 Å². The van der Waals surface area contributed by atoms with Crippen LogP contribution >= 0.6 is 12.9 Å². The minimum atomic E-state index is -0.0962. The highest BCUT2D eigenvalue weighted by molar-refractivity contribution is 9.23. The molecule has 1 rings (SSSR count). The highest BCUT2D eigenvalue weighted by Crippen LogP contribution is 1.95. The quantitative estimate of drug-likeness (QED) is 0.573. The molecule has 0 aliphatic carbocycles. The van der Waals surface area contributed by atoms with E-state index in [9.17, 15) is 0 Å². The Labute approximate surface area is 104 Å². The molecule has 0 saturated heterocycles. The van der Waals surface area contributed by atoms with Crippen molar-refractivity contribution in [2.24, 2.45) is 0 Å². The Kier molecular flexibility index (Phi) is 11.9. The van der Waals surface area contributed by atoms with Gasteiger partial charge in [0.2, 0.25) is 0 Å². The molecule has 0 spiro atoms. The molecule has 2 heteroatoms. The minimum Gasteiger partial charge on any atom is -0.296 e. The molecule has 14 heavy (non-hydrogen) atoms. The van der Waals surface area contributed by atoms with Crippen LogP contribution in [0.3, 0.4) is 0 Å². The SMILES string of the molecule is CCCCCC.[Br][Mg][c]1ccccc1. The molecule has 0 aliphatic heterocycles. The molecular formula is C12H19BrMg. The summed E-state index contributed by atoms with van der Waals surface area (Å²) in [5, 5.41) is 0. The predicted molar refractivity (Wildman–Crippen MR) is 70.6 cm³/mol. The second kappa shape index (κ2) is 11.5. The molecule has 0 N–H and O–H groups in total. The Morgan fingerprint density at radius 1 is 1.00 bits per heavy atom. The molecule has 0 aliphatic rings. The standard InChI is InChI=1S/C6H5.C6H14.BrH.Mg/c1-2-4-6-5-3-1;1-3-5-6-4-2;;/h1-5H;3-6H2,1-2H3;1H;/q;;;+1/p-1. The van der Waals surface area contributed by atoms with Crippen LogP contribution in [0.1, 0.15) is 39.5 Å². The summed E-state index contributed by atoms with van der Waals surface area (Å²) < 4.78 is 1.47. The zero-order valence-electron chi connectivity index (χ0n) is 9.30. The van der Waals surface area contributed by atoms with Gasteiger partial charge in [-0.05, 0) is 0 Å². The van der Waals surface area contributed by atoms with E-state index in [-0.39, 0.29) is 18.2 Å². The lowest BCUT2D eigenvalue weighted by atomic mass is 10.2. The van der Waals surface area contributed by atoms with Gasteiger partial charge in [-0.3, -0.25) is 12.9 Å². The van der Waals surface area contributed by atoms with Gasteiger partial charge in [-0.25, -0.2) is 0 Å². The molecule has 0 aromatic heterocycles. The van der Waals surface area contributed by atoms with Crippen molar-refractivity contribution >= 4 is 34.8 Å². The average molecular weight is 267 g/mol. The molecule has 0 saturated carbocycles. The Bertz CT molecular complexity index is 195. The van der Waals surface area contributed by atoms with Crippen LogP contribution in [0.25, 0.3) is 0 Å². The molecule has 1 aromatic carbocycles. The molecule has 0 nitrogen and oxygen atoms in total. The molecule has 1 aromatic rings. The fourth-order valence-corrected chi connectivity index (χ4v) is 2.64. The largest absolute Gasteiger partial charge is 0.506 e. The summed E-state index contributed by atoms with van der Waals surface area (Å²) in [6.07, 6.45) is 5.54. The van der Waals surface area contributed by atoms with Crippen molar-refractivity contribution < 1.29 is 0 Å². The molecule has 76 valence electrons. The summed E-state index contributed by atoms with van der Waals surface area (Å²) in [6, 6.07) is 10.5. The van der Waals surface area contributed by atoms with Crippen LogP contribution in [0.15, 0.2) is 30.3 Å². The first-order valence-electron chi connectivity index (χ1n) is 5.45. The fourth-order valence-electron chi connectivity index (χ4n) is 1.07. The van der Waals surface area contributed by atoms with E-state index in [1.165, 1.54) is 29.4 Å². The average Bonchev–Trinajstić information content (AvgIpc) is 2.28. The van der Waals surface area contributed by atoms with Gasteiger partial charge in [0.25, 0.3) is 0 Å². The van der Waals surface area contributed by atoms with Crippen molar-refractivity contribution in [3.05, 3.63) is 30.3 Å². The topological polar surface area (TPSA) is 0 Å². The first kappa shape index (κ1) is 14.5. The van der Waals surface area contributed by atoms with Crippen LogP contribution in [-0.2, 0) is 0 Å². The van der Waals surface area contributed by atoms with Crippen LogP contribution in [0.2, 0.25) is 0 Å². The van der Waals surface area contributed by atoms with Crippen LogP contribution in [0.4, 0.5) is 0 Å². The van der Waals surface area contributed by atoms with Gasteiger partial charge in [-0.2, -0.15) is 3.69 Å². The number of unbranched alkanes of at least 4 members (excludes halogenated alkanes) is 3. The molecule has 0 amide bonds. The minimum absolute atomic E-state index is 0.0962. The monoisotopic (exact) mass is 266 g/mol. The second-order valence-corrected chi connectivity index (χ2v) is 6.09. The maximum absolute atomic E-state index is 3.50. The summed E-state index contributed by atoms with van der Waals surface area (Å²) in [7, 11) is 0. The number of halogens is 1. The Hall–Kier alpha value is 0.466. The molecule has 0 bridgehead atoms. The molecule has 0 fully saturated rings. The van der Waals surface area contributed by atoms with Crippen LogP contribution in [0, 0.1) is 0 Å². The van der Waals surface area contributed by atoms with Crippen molar-refractivity contribution in [2.45, 2.75) is 39.5 Å². The molecule has 0 atom stereocenters. The maximum atomic E-state index is 3.50. The first-order chi connectivity index (χ1) is 6.85. The molecule has 0 radical (unpaired) electrons. The highest BCUT2D eigenvalue weighted by Gasteiger charge is 1.88. The third-order valence-electron chi connectivity index (χ3n) is 1.95. The summed E-state index contributed by atoms with van der Waals surface area (Å²) in [5.74, 6) is 0. The zero-order valence-corrected chi connectivity index (χ0v) is 12.3. The zero-order chi connectivity index (χ0) is 10.6. The van der Waals surface area contributed by atoms with E-state index in [4.69, 9.17) is 0 Å². The maximum Gasteiger partial charge on any atom is 0.506 e. The van der Waals surface area contributed by atoms with Crippen molar-refractivity contribution in [3.63, 3.8) is 0 Å². The number of hydrogen-bond donors (Lipinski definition) is 0. The summed E-state index contributed by atoms with van der Waals surface area (Å²) in [6.45, 7) is 4.46. The third-order valence-corrected chi connectivity index (χ3v) is 4.68. The van der Waals surface area contributed by atoms with Crippen LogP contribution in [-0.4, -0.2) is 18.2 Å². The Morgan fingerprint density at radius 2 is 1.50 bits per heavy atom. The van der Waals surface area contributed by atoms with Gasteiger partial charge in [0.05, 0.1) is 0 Å². The van der Waals surface area contributed by atoms with E-state index in [0.29, 0.717) is 0 Å². The Balaban J connectivity index is 0.000000255. The van der Waals surface area contributed by atoms with Crippen molar-refractivity contribution in [1.82, 2.24) is 0 Å². The smallest absolute Gasteiger partial charge is 0.296 e. The number of benzene rings is 1. The summed E-state index contributed by atoms with van der Waals surface area (Å²) in [5.41, 5.74) is 0. The van der Waals surface area contributed by atoms with E-state index in [2.05, 4.69) is 51.0 Å². The van der Waals surface area contributed by atoms with E-state index in [1.54, 1.807) is 0 Å². The molecule has 0 heterocycles. The summed E-state index contributed by atoms with van der Waals surface area (Å²) >= 11 is 3.40. The van der Waals surface area contributed by atoms with Gasteiger partial charge in [-0.1, -0.05) is 69.9 Å². The summed E-state index contributed by atoms with van der Waals surface area (Å²) in [4.78, 5) is 0. The van der Waals surface area contributed by atoms with Gasteiger partial charge < -0.3 is 0 Å². The highest BCUT2D eigenvalue weighted by atomic mass is 79.9. The van der Waals surface area contributed by atoms with Gasteiger partial charge >= 0.3 is 18.2 Å². The lowest BCUT2D eigenvalue weighted by Gasteiger charge is -1.87. The predicted octanol–water partition coefficient (Wildman–Crippen LogP) is 3.91. The van der Waals surface area contributed by atoms with Gasteiger partial charge in [0, 0.05) is 0 Å². The van der Waals surface area contributed by atoms with E-state index < -0.39 is 0 Å². The van der Waals surface area contributed by atoms with Crippen molar-refractivity contribution in [1.29, 1.82) is 0 Å². The van der Waals surface area contributed by atoms with E-state index in [1.807, 2.05) is 6.07 Å². The van der Waals surface area contributed by atoms with Crippen LogP contribution < -0.4 is 3.69 Å². The van der Waals surface area contributed by atoms with Crippen molar-refractivity contribution in [2.75, 3.05) is 0 Å². The molecule has 0 unspecified atom stereocenters.